The Balaban J connectivity index is 1.42. The van der Waals surface area contributed by atoms with E-state index in [2.05, 4.69) is 20.2 Å². The van der Waals surface area contributed by atoms with Crippen molar-refractivity contribution in [2.45, 2.75) is 25.0 Å². The smallest absolute Gasteiger partial charge is 0.316 e. The van der Waals surface area contributed by atoms with Crippen LogP contribution in [0.1, 0.15) is 23.2 Å². The molecule has 0 radical (unpaired) electrons. The van der Waals surface area contributed by atoms with Gasteiger partial charge in [0, 0.05) is 24.9 Å². The van der Waals surface area contributed by atoms with Gasteiger partial charge in [0.2, 0.25) is 0 Å². The number of rotatable bonds is 4. The van der Waals surface area contributed by atoms with E-state index in [-0.39, 0.29) is 24.0 Å². The molecular weight excluding hydrogens is 322 g/mol. The van der Waals surface area contributed by atoms with Crippen LogP contribution in [0.15, 0.2) is 36.9 Å². The molecule has 1 amide bonds. The molecule has 3 heterocycles. The summed E-state index contributed by atoms with van der Waals surface area (Å²) in [7, 11) is 0. The van der Waals surface area contributed by atoms with E-state index < -0.39 is 0 Å². The van der Waals surface area contributed by atoms with Gasteiger partial charge < -0.3 is 14.4 Å². The fourth-order valence-electron chi connectivity index (χ4n) is 3.62. The van der Waals surface area contributed by atoms with Gasteiger partial charge in [-0.15, -0.1) is 0 Å². The van der Waals surface area contributed by atoms with Crippen LogP contribution >= 0.6 is 0 Å². The SMILES string of the molecule is O=C(c1ccnnc1)N1CCO[C@@H]2[C@H](COc3ncccn3)CC[C@H]21. The molecule has 1 saturated carbocycles. The van der Waals surface area contributed by atoms with Crippen molar-refractivity contribution in [2.24, 2.45) is 5.92 Å². The predicted octanol–water partition coefficient (Wildman–Crippen LogP) is 0.965. The first-order valence-electron chi connectivity index (χ1n) is 8.42. The molecule has 2 aliphatic rings. The van der Waals surface area contributed by atoms with E-state index in [1.54, 1.807) is 24.5 Å². The van der Waals surface area contributed by atoms with Crippen LogP contribution in [0, 0.1) is 5.92 Å². The van der Waals surface area contributed by atoms with Gasteiger partial charge in [0.1, 0.15) is 0 Å². The lowest BCUT2D eigenvalue weighted by Crippen LogP contribution is -2.53. The van der Waals surface area contributed by atoms with Crippen molar-refractivity contribution in [2.75, 3.05) is 19.8 Å². The van der Waals surface area contributed by atoms with Gasteiger partial charge in [0.15, 0.2) is 0 Å². The van der Waals surface area contributed by atoms with E-state index in [1.807, 2.05) is 4.90 Å². The van der Waals surface area contributed by atoms with Crippen LogP contribution in [-0.2, 0) is 4.74 Å². The molecule has 1 saturated heterocycles. The Hall–Kier alpha value is -2.61. The Morgan fingerprint density at radius 2 is 2.12 bits per heavy atom. The normalized spacial score (nSPS) is 25.4. The molecule has 8 nitrogen and oxygen atoms in total. The van der Waals surface area contributed by atoms with Crippen LogP contribution < -0.4 is 4.74 Å². The fourth-order valence-corrected chi connectivity index (χ4v) is 3.62. The van der Waals surface area contributed by atoms with Crippen LogP contribution in [0.2, 0.25) is 0 Å². The summed E-state index contributed by atoms with van der Waals surface area (Å²) in [5.74, 6) is 0.209. The van der Waals surface area contributed by atoms with E-state index >= 15 is 0 Å². The highest BCUT2D eigenvalue weighted by molar-refractivity contribution is 5.94. The molecule has 0 bridgehead atoms. The third kappa shape index (κ3) is 3.30. The average molecular weight is 341 g/mol. The molecule has 0 N–H and O–H groups in total. The highest BCUT2D eigenvalue weighted by atomic mass is 16.5. The number of ether oxygens (including phenoxy) is 2. The van der Waals surface area contributed by atoms with Gasteiger partial charge in [0.05, 0.1) is 43.3 Å². The number of morpholine rings is 1. The second-order valence-electron chi connectivity index (χ2n) is 6.21. The predicted molar refractivity (Wildman–Crippen MR) is 86.8 cm³/mol. The molecule has 2 aromatic heterocycles. The van der Waals surface area contributed by atoms with E-state index in [0.29, 0.717) is 31.3 Å². The highest BCUT2D eigenvalue weighted by Gasteiger charge is 2.44. The Morgan fingerprint density at radius 3 is 2.92 bits per heavy atom. The Morgan fingerprint density at radius 1 is 1.24 bits per heavy atom. The first-order valence-corrected chi connectivity index (χ1v) is 8.42. The third-order valence-corrected chi connectivity index (χ3v) is 4.78. The fraction of sp³-hybridized carbons (Fsp3) is 0.471. The Labute approximate surface area is 145 Å². The van der Waals surface area contributed by atoms with Crippen molar-refractivity contribution in [3.05, 3.63) is 42.5 Å². The number of aromatic nitrogens is 4. The van der Waals surface area contributed by atoms with Gasteiger partial charge in [-0.3, -0.25) is 4.79 Å². The van der Waals surface area contributed by atoms with Gasteiger partial charge in [-0.2, -0.15) is 10.2 Å². The maximum atomic E-state index is 12.8. The molecule has 3 atom stereocenters. The van der Waals surface area contributed by atoms with Gasteiger partial charge >= 0.3 is 6.01 Å². The molecule has 2 aromatic rings. The maximum absolute atomic E-state index is 12.8. The number of hydrogen-bond donors (Lipinski definition) is 0. The number of carbonyl (C=O) groups excluding carboxylic acids is 1. The summed E-state index contributed by atoms with van der Waals surface area (Å²) in [5, 5.41) is 7.53. The molecule has 1 aliphatic carbocycles. The molecule has 4 rings (SSSR count). The van der Waals surface area contributed by atoms with Crippen molar-refractivity contribution >= 4 is 5.91 Å². The summed E-state index contributed by atoms with van der Waals surface area (Å²) in [6.45, 7) is 1.62. The lowest BCUT2D eigenvalue weighted by Gasteiger charge is -2.39. The molecule has 25 heavy (non-hydrogen) atoms. The summed E-state index contributed by atoms with van der Waals surface area (Å²) < 4.78 is 11.7. The lowest BCUT2D eigenvalue weighted by atomic mass is 10.0. The zero-order valence-electron chi connectivity index (χ0n) is 13.7. The first kappa shape index (κ1) is 15.9. The number of carbonyl (C=O) groups is 1. The summed E-state index contributed by atoms with van der Waals surface area (Å²) >= 11 is 0. The third-order valence-electron chi connectivity index (χ3n) is 4.78. The van der Waals surface area contributed by atoms with Crippen molar-refractivity contribution in [1.29, 1.82) is 0 Å². The van der Waals surface area contributed by atoms with Gasteiger partial charge in [-0.05, 0) is 25.0 Å². The molecule has 2 fully saturated rings. The zero-order chi connectivity index (χ0) is 17.1. The summed E-state index contributed by atoms with van der Waals surface area (Å²) in [4.78, 5) is 22.8. The largest absolute Gasteiger partial charge is 0.463 e. The molecule has 130 valence electrons. The lowest BCUT2D eigenvalue weighted by molar-refractivity contribution is -0.0683. The second-order valence-corrected chi connectivity index (χ2v) is 6.21. The summed E-state index contributed by atoms with van der Waals surface area (Å²) in [5.41, 5.74) is 0.563. The molecule has 8 heteroatoms. The number of hydrogen-bond acceptors (Lipinski definition) is 7. The summed E-state index contributed by atoms with van der Waals surface area (Å²) in [6, 6.07) is 3.89. The van der Waals surface area contributed by atoms with Crippen LogP contribution in [0.4, 0.5) is 0 Å². The van der Waals surface area contributed by atoms with Crippen LogP contribution in [0.3, 0.4) is 0 Å². The molecule has 0 aromatic carbocycles. The standard InChI is InChI=1S/C17H19N5O3/c23-16(12-4-7-20-21-10-12)22-8-9-24-15-13(2-3-14(15)22)11-25-17-18-5-1-6-19-17/h1,4-7,10,13-15H,2-3,8-9,11H2/t13-,14+,15+/m0/s1. The minimum absolute atomic E-state index is 0.0128. The van der Waals surface area contributed by atoms with Gasteiger partial charge in [-0.25, -0.2) is 9.97 Å². The Kier molecular flexibility index (Phi) is 4.51. The molecule has 1 aliphatic heterocycles. The minimum Gasteiger partial charge on any atom is -0.463 e. The van der Waals surface area contributed by atoms with Crippen molar-refractivity contribution in [3.8, 4) is 6.01 Å². The van der Waals surface area contributed by atoms with Crippen LogP contribution in [0.5, 0.6) is 6.01 Å². The van der Waals surface area contributed by atoms with Gasteiger partial charge in [0.25, 0.3) is 5.91 Å². The van der Waals surface area contributed by atoms with Crippen LogP contribution in [0.25, 0.3) is 0 Å². The van der Waals surface area contributed by atoms with Crippen molar-refractivity contribution in [1.82, 2.24) is 25.1 Å². The van der Waals surface area contributed by atoms with E-state index in [4.69, 9.17) is 9.47 Å². The maximum Gasteiger partial charge on any atom is 0.316 e. The van der Waals surface area contributed by atoms with Crippen molar-refractivity contribution < 1.29 is 14.3 Å². The molecule has 0 unspecified atom stereocenters. The number of nitrogens with zero attached hydrogens (tertiary/aromatic N) is 5. The number of amides is 1. The minimum atomic E-state index is -0.0174. The molecule has 0 spiro atoms. The van der Waals surface area contributed by atoms with E-state index in [1.165, 1.54) is 12.4 Å². The zero-order valence-corrected chi connectivity index (χ0v) is 13.7. The van der Waals surface area contributed by atoms with E-state index in [0.717, 1.165) is 12.8 Å². The van der Waals surface area contributed by atoms with Crippen LogP contribution in [-0.4, -0.2) is 62.9 Å². The first-order chi connectivity index (χ1) is 12.3. The monoisotopic (exact) mass is 341 g/mol. The van der Waals surface area contributed by atoms with E-state index in [9.17, 15) is 4.79 Å². The number of fused-ring (bicyclic) bond motifs is 1. The highest BCUT2D eigenvalue weighted by Crippen LogP contribution is 2.35. The topological polar surface area (TPSA) is 90.3 Å². The van der Waals surface area contributed by atoms with Gasteiger partial charge in [-0.1, -0.05) is 0 Å². The molecular formula is C17H19N5O3. The Bertz CT molecular complexity index is 715. The summed E-state index contributed by atoms with van der Waals surface area (Å²) in [6.07, 6.45) is 8.18. The van der Waals surface area contributed by atoms with Crippen molar-refractivity contribution in [3.63, 3.8) is 0 Å². The second kappa shape index (κ2) is 7.10. The quantitative estimate of drug-likeness (QED) is 0.818. The average Bonchev–Trinajstić information content (AvgIpc) is 3.10.